The third kappa shape index (κ3) is 6.41. The molecule has 8 nitrogen and oxygen atoms in total. The molecule has 2 aliphatic heterocycles. The molecular weight excluding hydrogens is 419 g/mol. The van der Waals surface area contributed by atoms with Gasteiger partial charge in [0.05, 0.1) is 18.8 Å². The Morgan fingerprint density at radius 2 is 2.03 bits per heavy atom. The van der Waals surface area contributed by atoms with Crippen molar-refractivity contribution in [2.75, 3.05) is 19.7 Å². The van der Waals surface area contributed by atoms with Crippen LogP contribution < -0.4 is 4.74 Å². The Bertz CT molecular complexity index is 896. The second kappa shape index (κ2) is 9.23. The maximum absolute atomic E-state index is 10.6. The second-order valence-corrected chi connectivity index (χ2v) is 7.71. The van der Waals surface area contributed by atoms with Gasteiger partial charge in [0.15, 0.2) is 0 Å². The van der Waals surface area contributed by atoms with E-state index in [9.17, 15) is 13.2 Å². The van der Waals surface area contributed by atoms with Gasteiger partial charge in [-0.05, 0) is 32.0 Å². The fraction of sp³-hybridized carbons (Fsp3) is 0.550. The number of aliphatic carboxylic acids is 1. The number of likely N-dealkylation sites (tertiary alicyclic amines) is 1. The highest BCUT2D eigenvalue weighted by Gasteiger charge is 2.48. The molecule has 0 bridgehead atoms. The van der Waals surface area contributed by atoms with E-state index in [-0.39, 0.29) is 11.7 Å². The van der Waals surface area contributed by atoms with Crippen LogP contribution in [0.25, 0.3) is 0 Å². The van der Waals surface area contributed by atoms with E-state index >= 15 is 0 Å². The minimum atomic E-state index is -5.08. The molecular formula is C20H24F3N3O5. The first-order chi connectivity index (χ1) is 14.5. The zero-order chi connectivity index (χ0) is 22.6. The van der Waals surface area contributed by atoms with E-state index in [1.165, 1.54) is 0 Å². The summed E-state index contributed by atoms with van der Waals surface area (Å²) in [5.41, 5.74) is 0.833. The first-order valence-corrected chi connectivity index (χ1v) is 9.73. The minimum Gasteiger partial charge on any atom is -0.475 e. The lowest BCUT2D eigenvalue weighted by atomic mass is 9.84. The Morgan fingerprint density at radius 3 is 2.61 bits per heavy atom. The van der Waals surface area contributed by atoms with Crippen LogP contribution in [-0.2, 0) is 16.1 Å². The number of aryl methyl sites for hydroxylation is 2. The molecule has 4 rings (SSSR count). The van der Waals surface area contributed by atoms with E-state index in [2.05, 4.69) is 14.9 Å². The van der Waals surface area contributed by atoms with E-state index < -0.39 is 12.1 Å². The van der Waals surface area contributed by atoms with Crippen LogP contribution in [0.15, 0.2) is 28.8 Å². The van der Waals surface area contributed by atoms with Crippen LogP contribution in [0.5, 0.6) is 6.01 Å². The number of halogens is 3. The van der Waals surface area contributed by atoms with E-state index in [1.54, 1.807) is 6.20 Å². The van der Waals surface area contributed by atoms with Crippen molar-refractivity contribution in [2.24, 2.45) is 0 Å². The molecule has 2 saturated heterocycles. The highest BCUT2D eigenvalue weighted by Crippen LogP contribution is 2.36. The number of carbonyl (C=O) groups is 1. The molecule has 2 aromatic heterocycles. The van der Waals surface area contributed by atoms with Crippen molar-refractivity contribution in [1.29, 1.82) is 0 Å². The summed E-state index contributed by atoms with van der Waals surface area (Å²) >= 11 is 0. The first-order valence-electron chi connectivity index (χ1n) is 9.73. The molecule has 0 aliphatic carbocycles. The molecule has 2 aliphatic rings. The number of carboxylic acid groups (broad SMARTS) is 1. The van der Waals surface area contributed by atoms with Crippen LogP contribution in [0.1, 0.15) is 30.1 Å². The van der Waals surface area contributed by atoms with Gasteiger partial charge in [-0.3, -0.25) is 4.90 Å². The lowest BCUT2D eigenvalue weighted by Crippen LogP contribution is -2.65. The zero-order valence-corrected chi connectivity index (χ0v) is 17.2. The van der Waals surface area contributed by atoms with Crippen LogP contribution in [-0.4, -0.2) is 63.5 Å². The van der Waals surface area contributed by atoms with Crippen molar-refractivity contribution >= 4 is 5.97 Å². The number of nitrogens with zero attached hydrogens (tertiary/aromatic N) is 3. The Morgan fingerprint density at radius 1 is 1.32 bits per heavy atom. The van der Waals surface area contributed by atoms with Crippen molar-refractivity contribution in [3.8, 4) is 6.01 Å². The molecule has 0 aromatic carbocycles. The van der Waals surface area contributed by atoms with Crippen LogP contribution in [0.4, 0.5) is 13.2 Å². The predicted octanol–water partition coefficient (Wildman–Crippen LogP) is 3.13. The number of furan rings is 1. The Labute approximate surface area is 177 Å². The SMILES string of the molecule is Cc1ccnc(OC2CCOC3(C2)CN(Cc2ccc(C)o2)C3)n1.O=C(O)C(F)(F)F. The van der Waals surface area contributed by atoms with Crippen molar-refractivity contribution < 1.29 is 37.0 Å². The molecule has 170 valence electrons. The second-order valence-electron chi connectivity index (χ2n) is 7.71. The largest absolute Gasteiger partial charge is 0.490 e. The summed E-state index contributed by atoms with van der Waals surface area (Å²) in [6, 6.07) is 6.40. The fourth-order valence-electron chi connectivity index (χ4n) is 3.61. The van der Waals surface area contributed by atoms with E-state index in [0.717, 1.165) is 56.3 Å². The van der Waals surface area contributed by atoms with Gasteiger partial charge in [-0.25, -0.2) is 14.8 Å². The normalized spacial score (nSPS) is 20.5. The third-order valence-corrected chi connectivity index (χ3v) is 4.93. The summed E-state index contributed by atoms with van der Waals surface area (Å²) in [7, 11) is 0. The molecule has 2 aromatic rings. The molecule has 0 amide bonds. The fourth-order valence-corrected chi connectivity index (χ4v) is 3.61. The molecule has 0 radical (unpaired) electrons. The maximum atomic E-state index is 10.6. The van der Waals surface area contributed by atoms with Gasteiger partial charge >= 0.3 is 18.2 Å². The third-order valence-electron chi connectivity index (χ3n) is 4.93. The standard InChI is InChI=1S/C18H23N3O3.C2HF3O2/c1-13-5-7-19-17(20-13)24-15-6-8-22-18(9-15)11-21(12-18)10-16-4-3-14(2)23-16;3-2(4,5)1(6)7/h3-5,7,15H,6,8-12H2,1-2H3;(H,6,7). The van der Waals surface area contributed by atoms with E-state index in [0.29, 0.717) is 6.01 Å². The van der Waals surface area contributed by atoms with Crippen molar-refractivity contribution in [3.63, 3.8) is 0 Å². The van der Waals surface area contributed by atoms with Gasteiger partial charge in [0.25, 0.3) is 0 Å². The van der Waals surface area contributed by atoms with Gasteiger partial charge in [-0.1, -0.05) is 0 Å². The summed E-state index contributed by atoms with van der Waals surface area (Å²) in [6.07, 6.45) is -1.45. The molecule has 0 saturated carbocycles. The van der Waals surface area contributed by atoms with Crippen molar-refractivity contribution in [2.45, 2.75) is 51.1 Å². The zero-order valence-electron chi connectivity index (χ0n) is 17.2. The quantitative estimate of drug-likeness (QED) is 0.770. The Balaban J connectivity index is 0.000000339. The lowest BCUT2D eigenvalue weighted by Gasteiger charge is -2.52. The first kappa shape index (κ1) is 23.0. The summed E-state index contributed by atoms with van der Waals surface area (Å²) in [5, 5.41) is 7.12. The molecule has 11 heteroatoms. The number of hydrogen-bond donors (Lipinski definition) is 1. The molecule has 31 heavy (non-hydrogen) atoms. The lowest BCUT2D eigenvalue weighted by molar-refractivity contribution is -0.192. The van der Waals surface area contributed by atoms with Gasteiger partial charge in [0.1, 0.15) is 17.6 Å². The molecule has 1 atom stereocenters. The highest BCUT2D eigenvalue weighted by atomic mass is 19.4. The molecule has 2 fully saturated rings. The number of alkyl halides is 3. The summed E-state index contributed by atoms with van der Waals surface area (Å²) in [4.78, 5) is 19.8. The van der Waals surface area contributed by atoms with E-state index in [4.69, 9.17) is 23.8 Å². The van der Waals surface area contributed by atoms with Gasteiger partial charge in [-0.2, -0.15) is 13.2 Å². The van der Waals surface area contributed by atoms with Crippen molar-refractivity contribution in [1.82, 2.24) is 14.9 Å². The summed E-state index contributed by atoms with van der Waals surface area (Å²) in [6.45, 7) is 7.32. The molecule has 1 unspecified atom stereocenters. The van der Waals surface area contributed by atoms with Gasteiger partial charge in [-0.15, -0.1) is 0 Å². The topological polar surface area (TPSA) is 97.9 Å². The predicted molar refractivity (Wildman–Crippen MR) is 102 cm³/mol. The monoisotopic (exact) mass is 443 g/mol. The smallest absolute Gasteiger partial charge is 0.475 e. The molecule has 1 spiro atoms. The number of hydrogen-bond acceptors (Lipinski definition) is 7. The Hall–Kier alpha value is -2.66. The number of ether oxygens (including phenoxy) is 2. The van der Waals surface area contributed by atoms with Gasteiger partial charge in [0.2, 0.25) is 0 Å². The molecule has 1 N–H and O–H groups in total. The highest BCUT2D eigenvalue weighted by molar-refractivity contribution is 5.73. The number of carboxylic acids is 1. The van der Waals surface area contributed by atoms with Crippen molar-refractivity contribution in [3.05, 3.63) is 41.6 Å². The summed E-state index contributed by atoms with van der Waals surface area (Å²) in [5.74, 6) is -0.785. The van der Waals surface area contributed by atoms with Crippen LogP contribution in [0.2, 0.25) is 0 Å². The average molecular weight is 443 g/mol. The maximum Gasteiger partial charge on any atom is 0.490 e. The molecule has 4 heterocycles. The number of rotatable bonds is 4. The van der Waals surface area contributed by atoms with Crippen LogP contribution >= 0.6 is 0 Å². The minimum absolute atomic E-state index is 0.0889. The Kier molecular flexibility index (Phi) is 6.85. The average Bonchev–Trinajstić information content (AvgIpc) is 3.05. The summed E-state index contributed by atoms with van der Waals surface area (Å²) < 4.78 is 49.4. The van der Waals surface area contributed by atoms with Crippen LogP contribution in [0.3, 0.4) is 0 Å². The number of aromatic nitrogens is 2. The van der Waals surface area contributed by atoms with Gasteiger partial charge < -0.3 is 19.0 Å². The van der Waals surface area contributed by atoms with E-state index in [1.807, 2.05) is 32.0 Å². The van der Waals surface area contributed by atoms with Gasteiger partial charge in [0, 0.05) is 37.8 Å². The van der Waals surface area contributed by atoms with Crippen LogP contribution in [0, 0.1) is 13.8 Å².